The SMILES string of the molecule is O=c1c(Br)c(Br)cnn1Cc1cccc(F)c1Br. The Morgan fingerprint density at radius 1 is 1.22 bits per heavy atom. The van der Waals surface area contributed by atoms with Crippen molar-refractivity contribution in [2.75, 3.05) is 0 Å². The maximum Gasteiger partial charge on any atom is 0.282 e. The first-order chi connectivity index (χ1) is 8.50. The Morgan fingerprint density at radius 3 is 2.67 bits per heavy atom. The highest BCUT2D eigenvalue weighted by Crippen LogP contribution is 2.21. The first-order valence-electron chi connectivity index (χ1n) is 4.84. The molecular formula is C11H6Br3FN2O. The Bertz CT molecular complexity index is 657. The van der Waals surface area contributed by atoms with Crippen LogP contribution in [0.15, 0.2) is 42.6 Å². The maximum atomic E-state index is 13.4. The van der Waals surface area contributed by atoms with Gasteiger partial charge in [0.1, 0.15) is 10.3 Å². The predicted molar refractivity (Wildman–Crippen MR) is 77.1 cm³/mol. The molecule has 0 amide bonds. The monoisotopic (exact) mass is 438 g/mol. The lowest BCUT2D eigenvalue weighted by Crippen LogP contribution is -2.24. The molecule has 3 nitrogen and oxygen atoms in total. The zero-order valence-electron chi connectivity index (χ0n) is 8.83. The second kappa shape index (κ2) is 5.63. The molecule has 0 spiro atoms. The van der Waals surface area contributed by atoms with Gasteiger partial charge in [0.25, 0.3) is 5.56 Å². The smallest absolute Gasteiger partial charge is 0.266 e. The molecule has 0 N–H and O–H groups in total. The predicted octanol–water partition coefficient (Wildman–Crippen LogP) is 3.72. The quantitative estimate of drug-likeness (QED) is 0.713. The van der Waals surface area contributed by atoms with E-state index in [1.807, 2.05) is 0 Å². The van der Waals surface area contributed by atoms with Crippen LogP contribution in [0.1, 0.15) is 5.56 Å². The van der Waals surface area contributed by atoms with E-state index in [0.717, 1.165) is 0 Å². The van der Waals surface area contributed by atoms with Gasteiger partial charge in [0, 0.05) is 0 Å². The van der Waals surface area contributed by atoms with Crippen molar-refractivity contribution in [2.24, 2.45) is 0 Å². The Hall–Kier alpha value is -0.530. The van der Waals surface area contributed by atoms with Crippen LogP contribution in [0.2, 0.25) is 0 Å². The summed E-state index contributed by atoms with van der Waals surface area (Å²) in [6.45, 7) is 0.197. The first kappa shape index (κ1) is 13.9. The van der Waals surface area contributed by atoms with Crippen LogP contribution < -0.4 is 5.56 Å². The molecule has 0 saturated heterocycles. The van der Waals surface area contributed by atoms with Gasteiger partial charge in [-0.2, -0.15) is 5.10 Å². The van der Waals surface area contributed by atoms with Crippen molar-refractivity contribution in [1.82, 2.24) is 9.78 Å². The Morgan fingerprint density at radius 2 is 1.94 bits per heavy atom. The zero-order chi connectivity index (χ0) is 13.3. The van der Waals surface area contributed by atoms with Crippen molar-refractivity contribution in [1.29, 1.82) is 0 Å². The fourth-order valence-corrected chi connectivity index (χ4v) is 2.35. The molecule has 0 fully saturated rings. The van der Waals surface area contributed by atoms with E-state index in [1.165, 1.54) is 16.9 Å². The lowest BCUT2D eigenvalue weighted by Gasteiger charge is -2.08. The summed E-state index contributed by atoms with van der Waals surface area (Å²) < 4.78 is 15.9. The first-order valence-corrected chi connectivity index (χ1v) is 7.22. The summed E-state index contributed by atoms with van der Waals surface area (Å²) in [7, 11) is 0. The lowest BCUT2D eigenvalue weighted by molar-refractivity contribution is 0.601. The number of hydrogen-bond donors (Lipinski definition) is 0. The summed E-state index contributed by atoms with van der Waals surface area (Å²) >= 11 is 9.53. The van der Waals surface area contributed by atoms with Gasteiger partial charge >= 0.3 is 0 Å². The van der Waals surface area contributed by atoms with Crippen LogP contribution in [0.4, 0.5) is 4.39 Å². The van der Waals surface area contributed by atoms with Gasteiger partial charge in [-0.3, -0.25) is 4.79 Å². The summed E-state index contributed by atoms with van der Waals surface area (Å²) in [5.41, 5.74) is 0.374. The molecule has 7 heteroatoms. The van der Waals surface area contributed by atoms with E-state index in [9.17, 15) is 9.18 Å². The summed E-state index contributed by atoms with van der Waals surface area (Å²) in [6, 6.07) is 4.67. The Labute approximate surface area is 127 Å². The largest absolute Gasteiger partial charge is 0.282 e. The second-order valence-corrected chi connectivity index (χ2v) is 5.92. The maximum absolute atomic E-state index is 13.4. The number of hydrogen-bond acceptors (Lipinski definition) is 2. The molecule has 18 heavy (non-hydrogen) atoms. The molecular weight excluding hydrogens is 435 g/mol. The molecule has 0 saturated carbocycles. The highest BCUT2D eigenvalue weighted by Gasteiger charge is 2.10. The van der Waals surface area contributed by atoms with Crippen LogP contribution in [-0.4, -0.2) is 9.78 Å². The van der Waals surface area contributed by atoms with Gasteiger partial charge in [-0.25, -0.2) is 9.07 Å². The third-order valence-electron chi connectivity index (χ3n) is 2.29. The minimum Gasteiger partial charge on any atom is -0.266 e. The van der Waals surface area contributed by atoms with E-state index in [4.69, 9.17) is 0 Å². The molecule has 0 aliphatic carbocycles. The lowest BCUT2D eigenvalue weighted by atomic mass is 10.2. The van der Waals surface area contributed by atoms with E-state index in [1.54, 1.807) is 12.1 Å². The van der Waals surface area contributed by atoms with Gasteiger partial charge in [-0.05, 0) is 59.4 Å². The molecule has 2 aromatic rings. The van der Waals surface area contributed by atoms with E-state index in [0.29, 0.717) is 19.0 Å². The van der Waals surface area contributed by atoms with Crippen molar-refractivity contribution >= 4 is 47.8 Å². The highest BCUT2D eigenvalue weighted by molar-refractivity contribution is 9.13. The summed E-state index contributed by atoms with van der Waals surface area (Å²) in [5.74, 6) is -0.364. The van der Waals surface area contributed by atoms with E-state index >= 15 is 0 Å². The molecule has 0 atom stereocenters. The topological polar surface area (TPSA) is 34.9 Å². The fraction of sp³-hybridized carbons (Fsp3) is 0.0909. The molecule has 0 bridgehead atoms. The van der Waals surface area contributed by atoms with Crippen molar-refractivity contribution in [3.63, 3.8) is 0 Å². The van der Waals surface area contributed by atoms with Gasteiger partial charge < -0.3 is 0 Å². The van der Waals surface area contributed by atoms with Crippen LogP contribution in [0.25, 0.3) is 0 Å². The minimum absolute atomic E-state index is 0.197. The van der Waals surface area contributed by atoms with Crippen LogP contribution in [0.5, 0.6) is 0 Å². The van der Waals surface area contributed by atoms with E-state index in [2.05, 4.69) is 52.9 Å². The molecule has 2 rings (SSSR count). The Balaban J connectivity index is 2.44. The van der Waals surface area contributed by atoms with E-state index in [-0.39, 0.29) is 17.9 Å². The Kier molecular flexibility index (Phi) is 4.34. The van der Waals surface area contributed by atoms with E-state index < -0.39 is 0 Å². The number of halogens is 4. The fourth-order valence-electron chi connectivity index (χ4n) is 1.39. The average Bonchev–Trinajstić information content (AvgIpc) is 2.35. The second-order valence-electron chi connectivity index (χ2n) is 3.48. The van der Waals surface area contributed by atoms with Gasteiger partial charge in [-0.15, -0.1) is 0 Å². The normalized spacial score (nSPS) is 10.7. The summed E-state index contributed by atoms with van der Waals surface area (Å²) in [5, 5.41) is 3.99. The molecule has 0 aliphatic rings. The van der Waals surface area contributed by atoms with Gasteiger partial charge in [-0.1, -0.05) is 12.1 Å². The van der Waals surface area contributed by atoms with Crippen molar-refractivity contribution in [3.05, 3.63) is 59.5 Å². The number of nitrogens with zero attached hydrogens (tertiary/aromatic N) is 2. The number of benzene rings is 1. The van der Waals surface area contributed by atoms with Crippen molar-refractivity contribution in [2.45, 2.75) is 6.54 Å². The molecule has 1 heterocycles. The van der Waals surface area contributed by atoms with Gasteiger partial charge in [0.2, 0.25) is 0 Å². The standard InChI is InChI=1S/C11H6Br3FN2O/c12-7-4-16-17(11(18)10(7)14)5-6-2-1-3-8(15)9(6)13/h1-4H,5H2. The average molecular weight is 441 g/mol. The molecule has 94 valence electrons. The molecule has 1 aromatic carbocycles. The summed E-state index contributed by atoms with van der Waals surface area (Å²) in [4.78, 5) is 11.9. The van der Waals surface area contributed by atoms with Crippen molar-refractivity contribution < 1.29 is 4.39 Å². The third-order valence-corrected chi connectivity index (χ3v) is 5.08. The van der Waals surface area contributed by atoms with Gasteiger partial charge in [0.15, 0.2) is 0 Å². The van der Waals surface area contributed by atoms with Crippen LogP contribution in [0, 0.1) is 5.82 Å². The van der Waals surface area contributed by atoms with Crippen LogP contribution >= 0.6 is 47.8 Å². The summed E-state index contributed by atoms with van der Waals surface area (Å²) in [6.07, 6.45) is 1.51. The zero-order valence-corrected chi connectivity index (χ0v) is 13.6. The minimum atomic E-state index is -0.364. The molecule has 0 aliphatic heterocycles. The van der Waals surface area contributed by atoms with Crippen LogP contribution in [0.3, 0.4) is 0 Å². The molecule has 0 radical (unpaired) electrons. The van der Waals surface area contributed by atoms with Gasteiger partial charge in [0.05, 0.1) is 21.7 Å². The number of rotatable bonds is 2. The van der Waals surface area contributed by atoms with Crippen molar-refractivity contribution in [3.8, 4) is 0 Å². The van der Waals surface area contributed by atoms with Crippen LogP contribution in [-0.2, 0) is 6.54 Å². The molecule has 1 aromatic heterocycles. The molecule has 0 unspecified atom stereocenters. The number of aromatic nitrogens is 2. The highest BCUT2D eigenvalue weighted by atomic mass is 79.9. The third kappa shape index (κ3) is 2.73.